The highest BCUT2D eigenvalue weighted by Crippen LogP contribution is 2.24. The average molecular weight is 403 g/mol. The molecular formula is C18H19BrN4O2. The number of halogens is 1. The standard InChI is InChI=1S/C18H19BrN4O2/c1-2-13-7-9-15(10-8-13)25-12-14(24)11-23-21-18(20-22-23)16-5-3-4-6-17(16)19/h3-10,14,24H,2,11-12H2,1H3/t14-/m1/s1. The average Bonchev–Trinajstić information content (AvgIpc) is 3.09. The minimum atomic E-state index is -0.730. The highest BCUT2D eigenvalue weighted by molar-refractivity contribution is 9.10. The van der Waals surface area contributed by atoms with Crippen LogP contribution in [0.4, 0.5) is 0 Å². The number of aryl methyl sites for hydroxylation is 1. The molecule has 0 aliphatic carbocycles. The predicted molar refractivity (Wildman–Crippen MR) is 98.3 cm³/mol. The minimum absolute atomic E-state index is 0.164. The van der Waals surface area contributed by atoms with Gasteiger partial charge in [-0.15, -0.1) is 10.2 Å². The summed E-state index contributed by atoms with van der Waals surface area (Å²) in [6.45, 7) is 2.48. The fraction of sp³-hybridized carbons (Fsp3) is 0.278. The Kier molecular flexibility index (Phi) is 5.78. The first-order chi connectivity index (χ1) is 12.2. The normalized spacial score (nSPS) is 12.1. The number of hydrogen-bond acceptors (Lipinski definition) is 5. The summed E-state index contributed by atoms with van der Waals surface area (Å²) in [6, 6.07) is 15.5. The molecule has 2 aromatic carbocycles. The molecule has 7 heteroatoms. The highest BCUT2D eigenvalue weighted by atomic mass is 79.9. The molecule has 0 unspecified atom stereocenters. The lowest BCUT2D eigenvalue weighted by molar-refractivity contribution is 0.0850. The second-order valence-electron chi connectivity index (χ2n) is 5.61. The smallest absolute Gasteiger partial charge is 0.206 e. The molecule has 25 heavy (non-hydrogen) atoms. The molecule has 1 aromatic heterocycles. The monoisotopic (exact) mass is 402 g/mol. The second-order valence-corrected chi connectivity index (χ2v) is 6.46. The van der Waals surface area contributed by atoms with E-state index in [9.17, 15) is 5.11 Å². The van der Waals surface area contributed by atoms with E-state index < -0.39 is 6.10 Å². The number of aliphatic hydroxyl groups is 1. The number of rotatable bonds is 7. The lowest BCUT2D eigenvalue weighted by Gasteiger charge is -2.11. The van der Waals surface area contributed by atoms with Gasteiger partial charge >= 0.3 is 0 Å². The zero-order valence-corrected chi connectivity index (χ0v) is 15.4. The highest BCUT2D eigenvalue weighted by Gasteiger charge is 2.12. The van der Waals surface area contributed by atoms with Crippen LogP contribution in [-0.4, -0.2) is 38.0 Å². The van der Waals surface area contributed by atoms with Crippen molar-refractivity contribution >= 4 is 15.9 Å². The zero-order valence-electron chi connectivity index (χ0n) is 13.8. The van der Waals surface area contributed by atoms with Gasteiger partial charge in [0.25, 0.3) is 0 Å². The number of tetrazole rings is 1. The largest absolute Gasteiger partial charge is 0.491 e. The van der Waals surface area contributed by atoms with E-state index in [2.05, 4.69) is 38.3 Å². The van der Waals surface area contributed by atoms with E-state index in [0.29, 0.717) is 5.82 Å². The van der Waals surface area contributed by atoms with E-state index in [-0.39, 0.29) is 13.2 Å². The quantitative estimate of drug-likeness (QED) is 0.657. The van der Waals surface area contributed by atoms with Crippen molar-refractivity contribution in [2.24, 2.45) is 0 Å². The number of benzene rings is 2. The van der Waals surface area contributed by atoms with Crippen LogP contribution in [0.15, 0.2) is 53.0 Å². The molecule has 0 saturated carbocycles. The third-order valence-electron chi connectivity index (χ3n) is 3.72. The molecule has 0 bridgehead atoms. The molecule has 0 spiro atoms. The van der Waals surface area contributed by atoms with Crippen LogP contribution in [0.25, 0.3) is 11.4 Å². The van der Waals surface area contributed by atoms with Gasteiger partial charge in [0, 0.05) is 10.0 Å². The van der Waals surface area contributed by atoms with Gasteiger partial charge in [-0.1, -0.05) is 47.1 Å². The Morgan fingerprint density at radius 3 is 2.64 bits per heavy atom. The molecule has 1 heterocycles. The van der Waals surface area contributed by atoms with Crippen molar-refractivity contribution in [3.63, 3.8) is 0 Å². The summed E-state index contributed by atoms with van der Waals surface area (Å²) in [7, 11) is 0. The van der Waals surface area contributed by atoms with Gasteiger partial charge in [0.2, 0.25) is 5.82 Å². The van der Waals surface area contributed by atoms with Crippen LogP contribution < -0.4 is 4.74 Å². The third kappa shape index (κ3) is 4.64. The van der Waals surface area contributed by atoms with Gasteiger partial charge in [0.15, 0.2) is 0 Å². The Balaban J connectivity index is 1.56. The number of nitrogens with zero attached hydrogens (tertiary/aromatic N) is 4. The van der Waals surface area contributed by atoms with Crippen LogP contribution in [0.1, 0.15) is 12.5 Å². The number of aliphatic hydroxyl groups excluding tert-OH is 1. The minimum Gasteiger partial charge on any atom is -0.491 e. The summed E-state index contributed by atoms with van der Waals surface area (Å²) in [6.07, 6.45) is 0.257. The maximum Gasteiger partial charge on any atom is 0.206 e. The molecule has 130 valence electrons. The van der Waals surface area contributed by atoms with Crippen molar-refractivity contribution in [1.29, 1.82) is 0 Å². The Morgan fingerprint density at radius 2 is 1.92 bits per heavy atom. The van der Waals surface area contributed by atoms with Crippen LogP contribution in [0.5, 0.6) is 5.75 Å². The van der Waals surface area contributed by atoms with Gasteiger partial charge in [0.1, 0.15) is 18.5 Å². The molecular weight excluding hydrogens is 384 g/mol. The number of ether oxygens (including phenoxy) is 1. The fourth-order valence-electron chi connectivity index (χ4n) is 2.33. The number of hydrogen-bond donors (Lipinski definition) is 1. The van der Waals surface area contributed by atoms with Gasteiger partial charge < -0.3 is 9.84 Å². The van der Waals surface area contributed by atoms with Crippen molar-refractivity contribution in [1.82, 2.24) is 20.2 Å². The molecule has 0 aliphatic heterocycles. The molecule has 0 aliphatic rings. The van der Waals surface area contributed by atoms with Gasteiger partial charge in [-0.3, -0.25) is 0 Å². The Morgan fingerprint density at radius 1 is 1.16 bits per heavy atom. The van der Waals surface area contributed by atoms with Crippen molar-refractivity contribution in [3.05, 3.63) is 58.6 Å². The lowest BCUT2D eigenvalue weighted by Crippen LogP contribution is -2.25. The molecule has 0 amide bonds. The molecule has 0 fully saturated rings. The third-order valence-corrected chi connectivity index (χ3v) is 4.41. The number of aromatic nitrogens is 4. The summed E-state index contributed by atoms with van der Waals surface area (Å²) < 4.78 is 6.50. The van der Waals surface area contributed by atoms with E-state index in [1.165, 1.54) is 10.4 Å². The molecule has 6 nitrogen and oxygen atoms in total. The summed E-state index contributed by atoms with van der Waals surface area (Å²) in [5.74, 6) is 1.24. The topological polar surface area (TPSA) is 73.1 Å². The van der Waals surface area contributed by atoms with Gasteiger partial charge in [-0.25, -0.2) is 0 Å². The van der Waals surface area contributed by atoms with Gasteiger partial charge in [0.05, 0.1) is 6.54 Å². The summed E-state index contributed by atoms with van der Waals surface area (Å²) in [5.41, 5.74) is 2.11. The predicted octanol–water partition coefficient (Wildman–Crippen LogP) is 3.10. The first kappa shape index (κ1) is 17.6. The summed E-state index contributed by atoms with van der Waals surface area (Å²) in [4.78, 5) is 1.38. The molecule has 1 atom stereocenters. The van der Waals surface area contributed by atoms with E-state index >= 15 is 0 Å². The van der Waals surface area contributed by atoms with E-state index in [1.807, 2.05) is 48.5 Å². The Labute approximate surface area is 154 Å². The Hall–Kier alpha value is -2.25. The Bertz CT molecular complexity index is 820. The van der Waals surface area contributed by atoms with E-state index in [0.717, 1.165) is 22.2 Å². The summed E-state index contributed by atoms with van der Waals surface area (Å²) >= 11 is 3.47. The molecule has 0 saturated heterocycles. The summed E-state index contributed by atoms with van der Waals surface area (Å²) in [5, 5.41) is 22.5. The molecule has 3 aromatic rings. The van der Waals surface area contributed by atoms with Crippen LogP contribution in [0, 0.1) is 0 Å². The van der Waals surface area contributed by atoms with Gasteiger partial charge in [-0.05, 0) is 41.5 Å². The molecule has 0 radical (unpaired) electrons. The zero-order chi connectivity index (χ0) is 17.6. The SMILES string of the molecule is CCc1ccc(OC[C@H](O)Cn2nnc(-c3ccccc3Br)n2)cc1. The van der Waals surface area contributed by atoms with Crippen LogP contribution in [-0.2, 0) is 13.0 Å². The van der Waals surface area contributed by atoms with Crippen LogP contribution >= 0.6 is 15.9 Å². The second kappa shape index (κ2) is 8.22. The van der Waals surface area contributed by atoms with Crippen molar-refractivity contribution < 1.29 is 9.84 Å². The molecule has 1 N–H and O–H groups in total. The first-order valence-corrected chi connectivity index (χ1v) is 8.87. The van der Waals surface area contributed by atoms with Gasteiger partial charge in [-0.2, -0.15) is 4.80 Å². The van der Waals surface area contributed by atoms with Crippen LogP contribution in [0.3, 0.4) is 0 Å². The van der Waals surface area contributed by atoms with E-state index in [4.69, 9.17) is 4.74 Å². The van der Waals surface area contributed by atoms with Crippen molar-refractivity contribution in [2.45, 2.75) is 26.0 Å². The lowest BCUT2D eigenvalue weighted by atomic mass is 10.2. The maximum absolute atomic E-state index is 10.1. The molecule has 3 rings (SSSR count). The van der Waals surface area contributed by atoms with Crippen LogP contribution in [0.2, 0.25) is 0 Å². The maximum atomic E-state index is 10.1. The fourth-order valence-corrected chi connectivity index (χ4v) is 2.79. The van der Waals surface area contributed by atoms with Crippen molar-refractivity contribution in [3.8, 4) is 17.1 Å². The first-order valence-electron chi connectivity index (χ1n) is 8.08. The van der Waals surface area contributed by atoms with Crippen molar-refractivity contribution in [2.75, 3.05) is 6.61 Å². The van der Waals surface area contributed by atoms with E-state index in [1.54, 1.807) is 0 Å².